The molecule has 0 unspecified atom stereocenters. The first-order valence-corrected chi connectivity index (χ1v) is 11.9. The Labute approximate surface area is 196 Å². The van der Waals surface area contributed by atoms with Crippen LogP contribution in [0.15, 0.2) is 84.9 Å². The summed E-state index contributed by atoms with van der Waals surface area (Å²) in [5, 5.41) is 15.5. The van der Waals surface area contributed by atoms with Crippen molar-refractivity contribution in [1.82, 2.24) is 0 Å². The Morgan fingerprint density at radius 3 is 0.500 bits per heavy atom. The summed E-state index contributed by atoms with van der Waals surface area (Å²) in [4.78, 5) is 0. The van der Waals surface area contributed by atoms with Crippen LogP contribution in [0.5, 0.6) is 0 Å². The largest absolute Gasteiger partial charge is 0.0537 e. The van der Waals surface area contributed by atoms with E-state index in [2.05, 4.69) is 109 Å². The maximum absolute atomic E-state index is 2.36. The van der Waals surface area contributed by atoms with E-state index in [1.54, 1.807) is 0 Å². The lowest BCUT2D eigenvalue weighted by Gasteiger charge is -2.12. The van der Waals surface area contributed by atoms with Crippen LogP contribution in [0.4, 0.5) is 0 Å². The van der Waals surface area contributed by atoms with Gasteiger partial charge in [-0.2, -0.15) is 0 Å². The summed E-state index contributed by atoms with van der Waals surface area (Å²) in [6.45, 7) is 0. The lowest BCUT2D eigenvalue weighted by Crippen LogP contribution is -1.89. The van der Waals surface area contributed by atoms with Gasteiger partial charge in [0.2, 0.25) is 0 Å². The molecule has 8 rings (SSSR count). The molecule has 0 heteroatoms. The third-order valence-corrected chi connectivity index (χ3v) is 7.91. The first kappa shape index (κ1) is 17.1. The molecule has 0 radical (unpaired) electrons. The van der Waals surface area contributed by atoms with Crippen molar-refractivity contribution < 1.29 is 0 Å². The Balaban J connectivity index is 1.57. The van der Waals surface area contributed by atoms with Crippen molar-refractivity contribution in [2.24, 2.45) is 0 Å². The highest BCUT2D eigenvalue weighted by molar-refractivity contribution is 6.12. The highest BCUT2D eigenvalue weighted by atomic mass is 14.1. The molecular formula is C34H18. The van der Waals surface area contributed by atoms with E-state index in [4.69, 9.17) is 0 Å². The minimum absolute atomic E-state index is 1.27. The first-order chi connectivity index (χ1) is 16.7. The molecule has 0 spiro atoms. The van der Waals surface area contributed by atoms with Crippen LogP contribution in [-0.2, 0) is 0 Å². The molecule has 7 aromatic rings. The lowest BCUT2D eigenvalue weighted by molar-refractivity contribution is 1.64. The molecular weight excluding hydrogens is 408 g/mol. The van der Waals surface area contributed by atoms with E-state index < -0.39 is 0 Å². The van der Waals surface area contributed by atoms with E-state index in [0.29, 0.717) is 0 Å². The van der Waals surface area contributed by atoms with Gasteiger partial charge in [0, 0.05) is 0 Å². The maximum atomic E-state index is 2.36. The number of fused-ring (bicyclic) bond motifs is 8. The van der Waals surface area contributed by atoms with Crippen LogP contribution in [0.1, 0.15) is 22.3 Å². The van der Waals surface area contributed by atoms with Crippen molar-refractivity contribution >= 4 is 88.9 Å². The van der Waals surface area contributed by atoms with Crippen LogP contribution < -0.4 is 0 Å². The maximum Gasteiger partial charge on any atom is -0.0171 e. The second-order valence-corrected chi connectivity index (χ2v) is 9.97. The second-order valence-electron chi connectivity index (χ2n) is 9.97. The molecule has 0 heterocycles. The summed E-state index contributed by atoms with van der Waals surface area (Å²) < 4.78 is 0. The van der Waals surface area contributed by atoms with E-state index in [0.717, 1.165) is 0 Å². The zero-order valence-corrected chi connectivity index (χ0v) is 18.4. The van der Waals surface area contributed by atoms with Crippen LogP contribution in [-0.4, -0.2) is 0 Å². The van der Waals surface area contributed by atoms with Crippen molar-refractivity contribution in [1.29, 1.82) is 0 Å². The van der Waals surface area contributed by atoms with Crippen molar-refractivity contribution in [3.63, 3.8) is 0 Å². The number of hydrogen-bond acceptors (Lipinski definition) is 0. The predicted molar refractivity (Wildman–Crippen MR) is 149 cm³/mol. The number of rotatable bonds is 0. The van der Waals surface area contributed by atoms with Gasteiger partial charge < -0.3 is 0 Å². The number of hydrogen-bond donors (Lipinski definition) is 0. The van der Waals surface area contributed by atoms with Gasteiger partial charge in [-0.15, -0.1) is 0 Å². The Morgan fingerprint density at radius 1 is 0.176 bits per heavy atom. The molecule has 0 bridgehead atoms. The highest BCUT2D eigenvalue weighted by Crippen LogP contribution is 2.36. The fourth-order valence-corrected chi connectivity index (χ4v) is 6.12. The van der Waals surface area contributed by atoms with Crippen molar-refractivity contribution in [2.45, 2.75) is 0 Å². The standard InChI is InChI=1S/C34H18/c1-2-20-6-24-10-28-14-32-17-31-13-27-9-23-5-19(1)21-3-4-22(20)8-26(24)12-30(28)16-34(32)18-33(31)15-29(27)11-25(23)7-21/h1-18H/b2-1-,4-3-. The molecule has 0 nitrogen and oxygen atoms in total. The summed E-state index contributed by atoms with van der Waals surface area (Å²) in [5.74, 6) is 0. The molecule has 0 N–H and O–H groups in total. The Kier molecular flexibility index (Phi) is 2.88. The lowest BCUT2D eigenvalue weighted by atomic mass is 9.92. The molecule has 0 fully saturated rings. The quantitative estimate of drug-likeness (QED) is 0.212. The molecule has 1 aliphatic carbocycles. The minimum atomic E-state index is 1.27. The molecule has 154 valence electrons. The van der Waals surface area contributed by atoms with Crippen LogP contribution in [0.3, 0.4) is 0 Å². The van der Waals surface area contributed by atoms with Gasteiger partial charge >= 0.3 is 0 Å². The van der Waals surface area contributed by atoms with Crippen molar-refractivity contribution in [3.05, 3.63) is 107 Å². The van der Waals surface area contributed by atoms with Gasteiger partial charge in [0.05, 0.1) is 0 Å². The molecule has 0 saturated carbocycles. The summed E-state index contributed by atoms with van der Waals surface area (Å²) in [7, 11) is 0. The normalized spacial score (nSPS) is 15.5. The third-order valence-electron chi connectivity index (χ3n) is 7.91. The zero-order valence-electron chi connectivity index (χ0n) is 18.4. The van der Waals surface area contributed by atoms with Gasteiger partial charge in [0.1, 0.15) is 0 Å². The summed E-state index contributed by atoms with van der Waals surface area (Å²) in [6, 6.07) is 32.9. The van der Waals surface area contributed by atoms with Crippen LogP contribution in [0.2, 0.25) is 0 Å². The van der Waals surface area contributed by atoms with Gasteiger partial charge in [-0.3, -0.25) is 0 Å². The van der Waals surface area contributed by atoms with Crippen LogP contribution in [0.25, 0.3) is 88.9 Å². The molecule has 0 saturated heterocycles. The average molecular weight is 427 g/mol. The Morgan fingerprint density at radius 2 is 0.324 bits per heavy atom. The van der Waals surface area contributed by atoms with Crippen molar-refractivity contribution in [2.75, 3.05) is 0 Å². The van der Waals surface area contributed by atoms with E-state index in [-0.39, 0.29) is 0 Å². The smallest absolute Gasteiger partial charge is 0.0171 e. The fourth-order valence-electron chi connectivity index (χ4n) is 6.12. The van der Waals surface area contributed by atoms with E-state index in [9.17, 15) is 0 Å². The molecule has 0 amide bonds. The summed E-state index contributed by atoms with van der Waals surface area (Å²) in [5.41, 5.74) is 5.07. The van der Waals surface area contributed by atoms with E-state index >= 15 is 0 Å². The Bertz CT molecular complexity index is 1850. The molecule has 34 heavy (non-hydrogen) atoms. The topological polar surface area (TPSA) is 0 Å². The molecule has 1 aliphatic rings. The molecule has 0 atom stereocenters. The average Bonchev–Trinajstić information content (AvgIpc) is 2.83. The van der Waals surface area contributed by atoms with Gasteiger partial charge in [0.15, 0.2) is 0 Å². The van der Waals surface area contributed by atoms with Gasteiger partial charge in [0.25, 0.3) is 0 Å². The van der Waals surface area contributed by atoms with E-state index in [1.807, 2.05) is 0 Å². The monoisotopic (exact) mass is 426 g/mol. The minimum Gasteiger partial charge on any atom is -0.0537 e. The predicted octanol–water partition coefficient (Wildman–Crippen LogP) is 9.57. The first-order valence-electron chi connectivity index (χ1n) is 11.9. The van der Waals surface area contributed by atoms with Crippen molar-refractivity contribution in [3.8, 4) is 0 Å². The number of benzene rings is 7. The zero-order chi connectivity index (χ0) is 22.0. The summed E-state index contributed by atoms with van der Waals surface area (Å²) >= 11 is 0. The highest BCUT2D eigenvalue weighted by Gasteiger charge is 2.11. The Hall–Kier alpha value is -4.42. The SMILES string of the molecule is C1=C\c2cc3cc4cc5cc6cc7cc8cc/1c1cc8cc7cc6cc5cc4cc3cc2/C=C\1. The van der Waals surface area contributed by atoms with Crippen LogP contribution >= 0.6 is 0 Å². The van der Waals surface area contributed by atoms with Gasteiger partial charge in [-0.25, -0.2) is 0 Å². The molecule has 7 aromatic carbocycles. The molecule has 0 aliphatic heterocycles. The van der Waals surface area contributed by atoms with Crippen LogP contribution in [0, 0.1) is 0 Å². The second kappa shape index (κ2) is 5.73. The summed E-state index contributed by atoms with van der Waals surface area (Å²) in [6.07, 6.45) is 9.12. The van der Waals surface area contributed by atoms with Gasteiger partial charge in [-0.05, 0) is 172 Å². The van der Waals surface area contributed by atoms with Gasteiger partial charge in [-0.1, -0.05) is 24.3 Å². The fraction of sp³-hybridized carbons (Fsp3) is 0. The molecule has 0 aromatic heterocycles. The van der Waals surface area contributed by atoms with E-state index in [1.165, 1.54) is 86.9 Å². The third kappa shape index (κ3) is 2.23.